The van der Waals surface area contributed by atoms with Crippen LogP contribution in [0.25, 0.3) is 11.1 Å². The highest BCUT2D eigenvalue weighted by molar-refractivity contribution is 5.77. The number of carbonyl (C=O) groups is 1. The van der Waals surface area contributed by atoms with Crippen molar-refractivity contribution in [1.29, 1.82) is 0 Å². The van der Waals surface area contributed by atoms with Crippen molar-refractivity contribution >= 4 is 17.0 Å². The molecule has 2 aromatic rings. The number of benzene rings is 1. The van der Waals surface area contributed by atoms with E-state index in [4.69, 9.17) is 4.42 Å². The first kappa shape index (κ1) is 20.0. The Morgan fingerprint density at radius 3 is 2.69 bits per heavy atom. The zero-order valence-corrected chi connectivity index (χ0v) is 16.5. The number of amides is 1. The van der Waals surface area contributed by atoms with Gasteiger partial charge in [-0.2, -0.15) is 0 Å². The van der Waals surface area contributed by atoms with Gasteiger partial charge in [-0.1, -0.05) is 12.1 Å². The van der Waals surface area contributed by atoms with E-state index in [1.54, 1.807) is 24.3 Å². The molecule has 29 heavy (non-hydrogen) atoms. The van der Waals surface area contributed by atoms with E-state index in [0.29, 0.717) is 17.6 Å². The minimum atomic E-state index is -2.87. The van der Waals surface area contributed by atoms with Crippen molar-refractivity contribution in [3.05, 3.63) is 34.8 Å². The summed E-state index contributed by atoms with van der Waals surface area (Å²) in [6, 6.07) is 6.46. The number of aromatic nitrogens is 1. The normalized spacial score (nSPS) is 23.1. The Morgan fingerprint density at radius 1 is 1.21 bits per heavy atom. The summed E-state index contributed by atoms with van der Waals surface area (Å²) in [5.74, 6) is -3.76. The number of alkyl halides is 2. The van der Waals surface area contributed by atoms with Crippen LogP contribution in [0.4, 0.5) is 8.78 Å². The fraction of sp³-hybridized carbons (Fsp3) is 0.600. The molecule has 3 heterocycles. The van der Waals surface area contributed by atoms with Gasteiger partial charge in [-0.25, -0.2) is 13.6 Å². The molecule has 4 rings (SSSR count). The molecular formula is C20H26F2N4O3. The number of aryl methyl sites for hydroxylation is 1. The monoisotopic (exact) mass is 408 g/mol. The zero-order chi connectivity index (χ0) is 20.6. The molecule has 1 aromatic heterocycles. The van der Waals surface area contributed by atoms with Gasteiger partial charge < -0.3 is 14.2 Å². The van der Waals surface area contributed by atoms with Gasteiger partial charge in [0.2, 0.25) is 5.91 Å². The number of hydrogen-bond donors (Lipinski definition) is 0. The maximum Gasteiger partial charge on any atom is 0.419 e. The molecule has 1 atom stereocenters. The highest BCUT2D eigenvalue weighted by Gasteiger charge is 2.47. The van der Waals surface area contributed by atoms with Crippen LogP contribution in [0, 0.1) is 0 Å². The van der Waals surface area contributed by atoms with E-state index in [1.165, 1.54) is 9.47 Å². The number of rotatable bonds is 5. The summed E-state index contributed by atoms with van der Waals surface area (Å²) in [6.45, 7) is 3.45. The summed E-state index contributed by atoms with van der Waals surface area (Å²) in [6.07, 6.45) is -0.321. The van der Waals surface area contributed by atoms with Gasteiger partial charge >= 0.3 is 5.76 Å². The lowest BCUT2D eigenvalue weighted by atomic mass is 10.1. The van der Waals surface area contributed by atoms with Gasteiger partial charge in [0.1, 0.15) is 0 Å². The minimum Gasteiger partial charge on any atom is -0.408 e. The predicted molar refractivity (Wildman–Crippen MR) is 104 cm³/mol. The van der Waals surface area contributed by atoms with Crippen molar-refractivity contribution in [2.75, 3.05) is 46.3 Å². The van der Waals surface area contributed by atoms with Gasteiger partial charge in [-0.3, -0.25) is 14.3 Å². The van der Waals surface area contributed by atoms with Gasteiger partial charge in [0.15, 0.2) is 5.58 Å². The highest BCUT2D eigenvalue weighted by atomic mass is 19.3. The number of fused-ring (bicyclic) bond motifs is 1. The van der Waals surface area contributed by atoms with E-state index in [2.05, 4.69) is 9.80 Å². The topological polar surface area (TPSA) is 61.9 Å². The summed E-state index contributed by atoms with van der Waals surface area (Å²) in [7, 11) is 2.04. The van der Waals surface area contributed by atoms with Crippen LogP contribution >= 0.6 is 0 Å². The van der Waals surface area contributed by atoms with E-state index in [1.807, 2.05) is 7.05 Å². The van der Waals surface area contributed by atoms with E-state index in [9.17, 15) is 18.4 Å². The van der Waals surface area contributed by atoms with Gasteiger partial charge in [0.05, 0.1) is 18.1 Å². The third-order valence-electron chi connectivity index (χ3n) is 5.88. The quantitative estimate of drug-likeness (QED) is 0.750. The Hall–Kier alpha value is -2.26. The molecule has 9 heteroatoms. The minimum absolute atomic E-state index is 0.0151. The van der Waals surface area contributed by atoms with Crippen LogP contribution in [-0.4, -0.2) is 83.5 Å². The molecule has 158 valence electrons. The SMILES string of the molecule is CN1CCN(C[C@@H]2CC(F)(F)CN2C(=O)CCn2c(=O)oc3ccccc32)CC1. The Morgan fingerprint density at radius 2 is 1.93 bits per heavy atom. The first-order chi connectivity index (χ1) is 13.8. The summed E-state index contributed by atoms with van der Waals surface area (Å²) in [5.41, 5.74) is 1.05. The van der Waals surface area contributed by atoms with E-state index < -0.39 is 24.3 Å². The molecule has 0 spiro atoms. The van der Waals surface area contributed by atoms with Crippen LogP contribution in [0.3, 0.4) is 0 Å². The third kappa shape index (κ3) is 4.35. The van der Waals surface area contributed by atoms with Crippen LogP contribution in [0.5, 0.6) is 0 Å². The molecule has 0 bridgehead atoms. The third-order valence-corrected chi connectivity index (χ3v) is 5.88. The first-order valence-corrected chi connectivity index (χ1v) is 9.99. The number of para-hydroxylation sites is 2. The van der Waals surface area contributed by atoms with E-state index in [-0.39, 0.29) is 25.3 Å². The number of likely N-dealkylation sites (N-methyl/N-ethyl adjacent to an activating group) is 1. The molecule has 0 aliphatic carbocycles. The van der Waals surface area contributed by atoms with Crippen molar-refractivity contribution in [3.8, 4) is 0 Å². The summed E-state index contributed by atoms with van der Waals surface area (Å²) in [4.78, 5) is 30.5. The molecule has 2 aliphatic heterocycles. The Labute approximate surface area is 167 Å². The van der Waals surface area contributed by atoms with Gasteiger partial charge in [0, 0.05) is 52.1 Å². The van der Waals surface area contributed by atoms with Crippen LogP contribution in [0.15, 0.2) is 33.5 Å². The highest BCUT2D eigenvalue weighted by Crippen LogP contribution is 2.33. The molecular weight excluding hydrogens is 382 g/mol. The molecule has 7 nitrogen and oxygen atoms in total. The maximum absolute atomic E-state index is 14.1. The average molecular weight is 408 g/mol. The van der Waals surface area contributed by atoms with Crippen LogP contribution in [-0.2, 0) is 11.3 Å². The molecule has 0 unspecified atom stereocenters. The predicted octanol–water partition coefficient (Wildman–Crippen LogP) is 1.47. The van der Waals surface area contributed by atoms with Crippen molar-refractivity contribution < 1.29 is 18.0 Å². The largest absolute Gasteiger partial charge is 0.419 e. The van der Waals surface area contributed by atoms with Crippen LogP contribution < -0.4 is 5.76 Å². The number of nitrogens with zero attached hydrogens (tertiary/aromatic N) is 4. The zero-order valence-electron chi connectivity index (χ0n) is 16.5. The Bertz CT molecular complexity index is 933. The fourth-order valence-corrected chi connectivity index (χ4v) is 4.26. The maximum atomic E-state index is 14.1. The number of carbonyl (C=O) groups excluding carboxylic acids is 1. The van der Waals surface area contributed by atoms with Crippen molar-refractivity contribution in [3.63, 3.8) is 0 Å². The number of halogens is 2. The van der Waals surface area contributed by atoms with Crippen molar-refractivity contribution in [2.45, 2.75) is 31.4 Å². The number of oxazole rings is 1. The van der Waals surface area contributed by atoms with Crippen molar-refractivity contribution in [1.82, 2.24) is 19.3 Å². The van der Waals surface area contributed by atoms with Gasteiger partial charge in [-0.05, 0) is 19.2 Å². The standard InChI is InChI=1S/C20H26F2N4O3/c1-23-8-10-24(11-9-23)13-15-12-20(21,22)14-26(15)18(27)6-7-25-16-4-2-3-5-17(16)29-19(25)28/h2-5,15H,6-14H2,1H3/t15-/m0/s1. The molecule has 1 aromatic carbocycles. The summed E-state index contributed by atoms with van der Waals surface area (Å²) in [5, 5.41) is 0. The summed E-state index contributed by atoms with van der Waals surface area (Å²) >= 11 is 0. The molecule has 2 fully saturated rings. The molecule has 0 saturated carbocycles. The second-order valence-electron chi connectivity index (χ2n) is 8.08. The smallest absolute Gasteiger partial charge is 0.408 e. The number of likely N-dealkylation sites (tertiary alicyclic amines) is 1. The summed E-state index contributed by atoms with van der Waals surface area (Å²) < 4.78 is 34.8. The van der Waals surface area contributed by atoms with Gasteiger partial charge in [0.25, 0.3) is 5.92 Å². The Balaban J connectivity index is 1.43. The van der Waals surface area contributed by atoms with E-state index in [0.717, 1.165) is 26.2 Å². The average Bonchev–Trinajstić information content (AvgIpc) is 3.16. The van der Waals surface area contributed by atoms with Crippen molar-refractivity contribution in [2.24, 2.45) is 0 Å². The van der Waals surface area contributed by atoms with E-state index >= 15 is 0 Å². The van der Waals surface area contributed by atoms with Crippen LogP contribution in [0.1, 0.15) is 12.8 Å². The Kier molecular flexibility index (Phi) is 5.44. The molecule has 2 aliphatic rings. The second-order valence-corrected chi connectivity index (χ2v) is 8.08. The van der Waals surface area contributed by atoms with Gasteiger partial charge in [-0.15, -0.1) is 0 Å². The molecule has 0 radical (unpaired) electrons. The molecule has 0 N–H and O–H groups in total. The first-order valence-electron chi connectivity index (χ1n) is 9.99. The van der Waals surface area contributed by atoms with Crippen LogP contribution in [0.2, 0.25) is 0 Å². The lowest BCUT2D eigenvalue weighted by Crippen LogP contribution is -2.50. The second kappa shape index (κ2) is 7.87. The number of piperazine rings is 1. The molecule has 1 amide bonds. The fourth-order valence-electron chi connectivity index (χ4n) is 4.26. The molecule has 2 saturated heterocycles. The lowest BCUT2D eigenvalue weighted by Gasteiger charge is -2.35. The number of hydrogen-bond acceptors (Lipinski definition) is 5. The lowest BCUT2D eigenvalue weighted by molar-refractivity contribution is -0.133.